The Morgan fingerprint density at radius 2 is 1.88 bits per heavy atom. The van der Waals surface area contributed by atoms with E-state index in [9.17, 15) is 4.79 Å². The number of amides is 2. The molecule has 0 aromatic carbocycles. The van der Waals surface area contributed by atoms with Crippen LogP contribution < -0.4 is 5.32 Å². The van der Waals surface area contributed by atoms with E-state index in [4.69, 9.17) is 0 Å². The Hall–Kier alpha value is -2.47. The van der Waals surface area contributed by atoms with Gasteiger partial charge in [-0.2, -0.15) is 0 Å². The Morgan fingerprint density at radius 1 is 1.12 bits per heavy atom. The lowest BCUT2D eigenvalue weighted by Crippen LogP contribution is -2.51. The fourth-order valence-electron chi connectivity index (χ4n) is 3.12. The van der Waals surface area contributed by atoms with Crippen molar-refractivity contribution in [1.82, 2.24) is 25.1 Å². The second-order valence-electron chi connectivity index (χ2n) is 6.32. The van der Waals surface area contributed by atoms with Crippen LogP contribution in [-0.4, -0.2) is 52.0 Å². The molecule has 1 aliphatic rings. The van der Waals surface area contributed by atoms with E-state index in [1.807, 2.05) is 29.3 Å². The minimum Gasteiger partial charge on any atom is -0.331 e. The molecule has 3 heterocycles. The lowest BCUT2D eigenvalue weighted by molar-refractivity contribution is 0.133. The summed E-state index contributed by atoms with van der Waals surface area (Å²) in [5, 5.41) is 3.15. The molecule has 1 fully saturated rings. The highest BCUT2D eigenvalue weighted by Crippen LogP contribution is 2.16. The molecular weight excluding hydrogens is 314 g/mol. The zero-order valence-electron chi connectivity index (χ0n) is 14.6. The second-order valence-corrected chi connectivity index (χ2v) is 6.32. The van der Waals surface area contributed by atoms with E-state index in [1.54, 1.807) is 18.6 Å². The minimum absolute atomic E-state index is 0.0182. The number of carbonyl (C=O) groups is 1. The summed E-state index contributed by atoms with van der Waals surface area (Å²) in [6.45, 7) is 6.23. The SMILES string of the molecule is CCC(NC(=O)N1CCN(Cc2cccnc2)CC1)c1ccncc1. The number of hydrogen-bond acceptors (Lipinski definition) is 4. The zero-order chi connectivity index (χ0) is 17.5. The molecule has 0 aliphatic carbocycles. The number of carbonyl (C=O) groups excluding carboxylic acids is 1. The first-order valence-electron chi connectivity index (χ1n) is 8.83. The van der Waals surface area contributed by atoms with Crippen molar-refractivity contribution < 1.29 is 4.79 Å². The molecular formula is C19H25N5O. The van der Waals surface area contributed by atoms with Crippen LogP contribution in [0.2, 0.25) is 0 Å². The second kappa shape index (κ2) is 8.58. The van der Waals surface area contributed by atoms with E-state index >= 15 is 0 Å². The van der Waals surface area contributed by atoms with E-state index in [0.717, 1.165) is 44.7 Å². The largest absolute Gasteiger partial charge is 0.331 e. The van der Waals surface area contributed by atoms with Crippen LogP contribution in [0.3, 0.4) is 0 Å². The maximum Gasteiger partial charge on any atom is 0.317 e. The highest BCUT2D eigenvalue weighted by molar-refractivity contribution is 5.74. The van der Waals surface area contributed by atoms with Gasteiger partial charge in [-0.05, 0) is 35.7 Å². The van der Waals surface area contributed by atoms with Crippen LogP contribution in [0.5, 0.6) is 0 Å². The van der Waals surface area contributed by atoms with Gasteiger partial charge in [-0.1, -0.05) is 13.0 Å². The summed E-state index contributed by atoms with van der Waals surface area (Å²) in [6.07, 6.45) is 8.08. The molecule has 6 heteroatoms. The van der Waals surface area contributed by atoms with Crippen LogP contribution in [0.15, 0.2) is 49.1 Å². The highest BCUT2D eigenvalue weighted by atomic mass is 16.2. The number of nitrogens with one attached hydrogen (secondary N) is 1. The number of pyridine rings is 2. The van der Waals surface area contributed by atoms with Crippen LogP contribution in [0.4, 0.5) is 4.79 Å². The number of urea groups is 1. The first-order valence-corrected chi connectivity index (χ1v) is 8.83. The Balaban J connectivity index is 1.49. The molecule has 3 rings (SSSR count). The summed E-state index contributed by atoms with van der Waals surface area (Å²) in [4.78, 5) is 25.0. The van der Waals surface area contributed by atoms with Gasteiger partial charge in [0.2, 0.25) is 0 Å². The summed E-state index contributed by atoms with van der Waals surface area (Å²) < 4.78 is 0. The van der Waals surface area contributed by atoms with Crippen molar-refractivity contribution in [1.29, 1.82) is 0 Å². The lowest BCUT2D eigenvalue weighted by Gasteiger charge is -2.35. The van der Waals surface area contributed by atoms with Gasteiger partial charge in [-0.3, -0.25) is 14.9 Å². The minimum atomic E-state index is 0.0182. The molecule has 1 atom stereocenters. The summed E-state index contributed by atoms with van der Waals surface area (Å²) >= 11 is 0. The number of hydrogen-bond donors (Lipinski definition) is 1. The van der Waals surface area contributed by atoms with Gasteiger partial charge in [0.05, 0.1) is 6.04 Å². The number of nitrogens with zero attached hydrogens (tertiary/aromatic N) is 4. The number of aromatic nitrogens is 2. The average molecular weight is 339 g/mol. The molecule has 6 nitrogen and oxygen atoms in total. The van der Waals surface area contributed by atoms with Crippen molar-refractivity contribution >= 4 is 6.03 Å². The van der Waals surface area contributed by atoms with E-state index in [-0.39, 0.29) is 12.1 Å². The molecule has 25 heavy (non-hydrogen) atoms. The van der Waals surface area contributed by atoms with E-state index in [1.165, 1.54) is 5.56 Å². The lowest BCUT2D eigenvalue weighted by atomic mass is 10.1. The Kier molecular flexibility index (Phi) is 5.95. The molecule has 2 amide bonds. The van der Waals surface area contributed by atoms with Crippen molar-refractivity contribution in [3.8, 4) is 0 Å². The van der Waals surface area contributed by atoms with Gasteiger partial charge in [0.15, 0.2) is 0 Å². The molecule has 1 N–H and O–H groups in total. The monoisotopic (exact) mass is 339 g/mol. The Labute approximate surface area is 148 Å². The normalized spacial score (nSPS) is 16.4. The summed E-state index contributed by atoms with van der Waals surface area (Å²) in [5.41, 5.74) is 2.31. The molecule has 1 aliphatic heterocycles. The number of rotatable bonds is 5. The van der Waals surface area contributed by atoms with Gasteiger partial charge in [0.25, 0.3) is 0 Å². The summed E-state index contributed by atoms with van der Waals surface area (Å²) in [5.74, 6) is 0. The molecule has 1 saturated heterocycles. The Bertz CT molecular complexity index is 656. The molecule has 0 spiro atoms. The smallest absolute Gasteiger partial charge is 0.317 e. The number of piperazine rings is 1. The van der Waals surface area contributed by atoms with Gasteiger partial charge in [0.1, 0.15) is 0 Å². The molecule has 2 aromatic rings. The van der Waals surface area contributed by atoms with Crippen LogP contribution in [0.1, 0.15) is 30.5 Å². The predicted molar refractivity (Wildman–Crippen MR) is 96.9 cm³/mol. The van der Waals surface area contributed by atoms with Crippen molar-refractivity contribution in [3.05, 3.63) is 60.2 Å². The average Bonchev–Trinajstić information content (AvgIpc) is 2.68. The standard InChI is InChI=1S/C19H25N5O/c1-2-18(17-5-8-20-9-6-17)22-19(25)24-12-10-23(11-13-24)15-16-4-3-7-21-14-16/h3-9,14,18H,2,10-13,15H2,1H3,(H,22,25). The molecule has 1 unspecified atom stereocenters. The van der Waals surface area contributed by atoms with Gasteiger partial charge in [-0.25, -0.2) is 4.79 Å². The van der Waals surface area contributed by atoms with E-state index in [2.05, 4.69) is 33.2 Å². The molecule has 2 aromatic heterocycles. The molecule has 0 saturated carbocycles. The van der Waals surface area contributed by atoms with Crippen LogP contribution in [-0.2, 0) is 6.54 Å². The third-order valence-corrected chi connectivity index (χ3v) is 4.60. The third-order valence-electron chi connectivity index (χ3n) is 4.60. The molecule has 0 bridgehead atoms. The van der Waals surface area contributed by atoms with Gasteiger partial charge >= 0.3 is 6.03 Å². The third kappa shape index (κ3) is 4.76. The fraction of sp³-hybridized carbons (Fsp3) is 0.421. The summed E-state index contributed by atoms with van der Waals surface area (Å²) in [6, 6.07) is 8.02. The maximum atomic E-state index is 12.6. The van der Waals surface area contributed by atoms with Gasteiger partial charge in [0, 0.05) is 57.5 Å². The topological polar surface area (TPSA) is 61.4 Å². The zero-order valence-corrected chi connectivity index (χ0v) is 14.6. The van der Waals surface area contributed by atoms with E-state index < -0.39 is 0 Å². The predicted octanol–water partition coefficient (Wildman–Crippen LogP) is 2.46. The van der Waals surface area contributed by atoms with Crippen LogP contribution >= 0.6 is 0 Å². The van der Waals surface area contributed by atoms with Crippen molar-refractivity contribution in [2.24, 2.45) is 0 Å². The molecule has 0 radical (unpaired) electrons. The highest BCUT2D eigenvalue weighted by Gasteiger charge is 2.23. The van der Waals surface area contributed by atoms with Gasteiger partial charge in [-0.15, -0.1) is 0 Å². The molecule has 132 valence electrons. The van der Waals surface area contributed by atoms with Crippen molar-refractivity contribution in [2.45, 2.75) is 25.9 Å². The van der Waals surface area contributed by atoms with E-state index in [0.29, 0.717) is 0 Å². The van der Waals surface area contributed by atoms with Crippen LogP contribution in [0, 0.1) is 0 Å². The Morgan fingerprint density at radius 3 is 2.52 bits per heavy atom. The quantitative estimate of drug-likeness (QED) is 0.909. The van der Waals surface area contributed by atoms with Crippen molar-refractivity contribution in [2.75, 3.05) is 26.2 Å². The van der Waals surface area contributed by atoms with Gasteiger partial charge < -0.3 is 10.2 Å². The van der Waals surface area contributed by atoms with Crippen molar-refractivity contribution in [3.63, 3.8) is 0 Å². The first-order chi connectivity index (χ1) is 12.3. The first kappa shape index (κ1) is 17.4. The van der Waals surface area contributed by atoms with Crippen LogP contribution in [0.25, 0.3) is 0 Å². The fourth-order valence-corrected chi connectivity index (χ4v) is 3.12. The summed E-state index contributed by atoms with van der Waals surface area (Å²) in [7, 11) is 0. The maximum absolute atomic E-state index is 12.6.